The lowest BCUT2D eigenvalue weighted by Gasteiger charge is -2.30. The van der Waals surface area contributed by atoms with Crippen LogP contribution in [-0.4, -0.2) is 35.6 Å². The molecule has 3 nitrogen and oxygen atoms in total. The Balaban J connectivity index is 1.73. The molecule has 1 atom stereocenters. The van der Waals surface area contributed by atoms with Gasteiger partial charge in [0.2, 0.25) is 0 Å². The van der Waals surface area contributed by atoms with E-state index in [1.165, 1.54) is 20.9 Å². The van der Waals surface area contributed by atoms with E-state index in [1.807, 2.05) is 0 Å². The number of hydrogen-bond donors (Lipinski definition) is 1. The summed E-state index contributed by atoms with van der Waals surface area (Å²) >= 11 is 7.20. The normalized spacial score (nSPS) is 19.3. The van der Waals surface area contributed by atoms with E-state index >= 15 is 0 Å². The first-order valence-corrected chi connectivity index (χ1v) is 11.0. The van der Waals surface area contributed by atoms with E-state index in [1.54, 1.807) is 22.7 Å². The van der Waals surface area contributed by atoms with Crippen LogP contribution in [0.25, 0.3) is 5.57 Å². The van der Waals surface area contributed by atoms with Crippen LogP contribution in [-0.2, 0) is 4.79 Å². The monoisotopic (exact) mass is 439 g/mol. The maximum atomic E-state index is 11.2. The van der Waals surface area contributed by atoms with E-state index in [2.05, 4.69) is 56.7 Å². The second-order valence-electron chi connectivity index (χ2n) is 6.41. The molecule has 1 aliphatic rings. The number of hydrogen-bond acceptors (Lipinski definition) is 4. The molecule has 0 aromatic carbocycles. The number of rotatable bonds is 6. The number of carboxylic acid groups (broad SMARTS) is 1. The van der Waals surface area contributed by atoms with Gasteiger partial charge in [0.25, 0.3) is 0 Å². The summed E-state index contributed by atoms with van der Waals surface area (Å²) in [5.41, 5.74) is 2.60. The number of carbonyl (C=O) groups is 1. The number of nitrogens with zero attached hydrogens (tertiary/aromatic N) is 1. The second kappa shape index (κ2) is 8.62. The van der Waals surface area contributed by atoms with E-state index in [9.17, 15) is 9.90 Å². The van der Waals surface area contributed by atoms with Crippen LogP contribution in [0.2, 0.25) is 0 Å². The van der Waals surface area contributed by atoms with Crippen molar-refractivity contribution in [2.24, 2.45) is 5.92 Å². The second-order valence-corrected chi connectivity index (χ2v) is 9.10. The van der Waals surface area contributed by atoms with Crippen molar-refractivity contribution in [3.8, 4) is 0 Å². The number of thiophene rings is 2. The molecule has 0 spiro atoms. The zero-order valence-electron chi connectivity index (χ0n) is 14.2. The number of aliphatic carboxylic acids is 1. The van der Waals surface area contributed by atoms with Crippen molar-refractivity contribution in [3.63, 3.8) is 0 Å². The fourth-order valence-electron chi connectivity index (χ4n) is 3.27. The first kappa shape index (κ1) is 18.8. The average molecular weight is 440 g/mol. The molecular formula is C19H22BrNO2S2. The summed E-state index contributed by atoms with van der Waals surface area (Å²) in [7, 11) is 0. The molecule has 1 unspecified atom stereocenters. The summed E-state index contributed by atoms with van der Waals surface area (Å²) in [6.07, 6.45) is 5.04. The van der Waals surface area contributed by atoms with Crippen LogP contribution in [0.3, 0.4) is 0 Å². The molecule has 0 saturated carbocycles. The quantitative estimate of drug-likeness (QED) is 0.645. The maximum Gasteiger partial charge on any atom is 0.307 e. The maximum absolute atomic E-state index is 11.2. The molecule has 1 saturated heterocycles. The zero-order chi connectivity index (χ0) is 17.8. The van der Waals surface area contributed by atoms with Gasteiger partial charge in [-0.25, -0.2) is 0 Å². The predicted molar refractivity (Wildman–Crippen MR) is 110 cm³/mol. The minimum atomic E-state index is -0.655. The molecule has 2 aromatic heterocycles. The number of likely N-dealkylation sites (tertiary alicyclic amines) is 1. The fraction of sp³-hybridized carbons (Fsp3) is 0.421. The van der Waals surface area contributed by atoms with Crippen molar-refractivity contribution in [3.05, 3.63) is 48.8 Å². The Labute approximate surface area is 165 Å². The van der Waals surface area contributed by atoms with Gasteiger partial charge in [-0.2, -0.15) is 0 Å². The van der Waals surface area contributed by atoms with Crippen LogP contribution >= 0.6 is 38.6 Å². The molecule has 6 heteroatoms. The van der Waals surface area contributed by atoms with Crippen LogP contribution in [0.1, 0.15) is 34.6 Å². The number of halogens is 1. The molecule has 0 bridgehead atoms. The molecule has 25 heavy (non-hydrogen) atoms. The Hall–Kier alpha value is -0.950. The van der Waals surface area contributed by atoms with Gasteiger partial charge in [-0.15, -0.1) is 22.7 Å². The van der Waals surface area contributed by atoms with Gasteiger partial charge < -0.3 is 10.0 Å². The molecule has 0 amide bonds. The summed E-state index contributed by atoms with van der Waals surface area (Å²) in [5, 5.41) is 13.5. The predicted octanol–water partition coefficient (Wildman–Crippen LogP) is 5.50. The third-order valence-electron chi connectivity index (χ3n) is 4.62. The molecular weight excluding hydrogens is 418 g/mol. The molecule has 134 valence electrons. The highest BCUT2D eigenvalue weighted by molar-refractivity contribution is 9.10. The summed E-state index contributed by atoms with van der Waals surface area (Å²) in [6.45, 7) is 4.76. The lowest BCUT2D eigenvalue weighted by molar-refractivity contribution is -0.143. The zero-order valence-corrected chi connectivity index (χ0v) is 17.4. The lowest BCUT2D eigenvalue weighted by Crippen LogP contribution is -2.39. The Morgan fingerprint density at radius 3 is 2.76 bits per heavy atom. The SMILES string of the molecule is Cc1ccsc1C(=CCCN1CCCC(C(=O)O)C1)c1sccc1Br. The molecule has 1 fully saturated rings. The third-order valence-corrected chi connectivity index (χ3v) is 7.54. The van der Waals surface area contributed by atoms with Gasteiger partial charge in [0.05, 0.1) is 5.92 Å². The minimum Gasteiger partial charge on any atom is -0.481 e. The molecule has 3 rings (SSSR count). The standard InChI is InChI=1S/C19H22BrNO2S2/c1-13-6-10-24-17(13)15(18-16(20)7-11-25-18)5-3-9-21-8-2-4-14(12-21)19(22)23/h5-7,10-11,14H,2-4,8-9,12H2,1H3,(H,22,23). The Bertz CT molecular complexity index is 723. The Morgan fingerprint density at radius 2 is 2.12 bits per heavy atom. The molecule has 1 aliphatic heterocycles. The average Bonchev–Trinajstić information content (AvgIpc) is 3.21. The summed E-state index contributed by atoms with van der Waals surface area (Å²) in [4.78, 5) is 16.1. The van der Waals surface area contributed by atoms with E-state index in [-0.39, 0.29) is 5.92 Å². The van der Waals surface area contributed by atoms with Crippen molar-refractivity contribution >= 4 is 50.1 Å². The third kappa shape index (κ3) is 4.61. The van der Waals surface area contributed by atoms with Gasteiger partial charge in [-0.05, 0) is 77.1 Å². The molecule has 0 radical (unpaired) electrons. The Kier molecular flexibility index (Phi) is 6.49. The van der Waals surface area contributed by atoms with E-state index in [0.29, 0.717) is 6.54 Å². The molecule has 1 N–H and O–H groups in total. The first-order valence-electron chi connectivity index (χ1n) is 8.49. The van der Waals surface area contributed by atoms with Crippen LogP contribution in [0, 0.1) is 12.8 Å². The highest BCUT2D eigenvalue weighted by atomic mass is 79.9. The fourth-order valence-corrected chi connectivity index (χ4v) is 5.95. The summed E-state index contributed by atoms with van der Waals surface area (Å²) in [6, 6.07) is 4.26. The van der Waals surface area contributed by atoms with Gasteiger partial charge in [-0.3, -0.25) is 4.79 Å². The Morgan fingerprint density at radius 1 is 1.36 bits per heavy atom. The van der Waals surface area contributed by atoms with Gasteiger partial charge in [0.15, 0.2) is 0 Å². The summed E-state index contributed by atoms with van der Waals surface area (Å²) in [5.74, 6) is -0.860. The van der Waals surface area contributed by atoms with Crippen molar-refractivity contribution in [2.45, 2.75) is 26.2 Å². The first-order chi connectivity index (χ1) is 12.1. The van der Waals surface area contributed by atoms with Crippen LogP contribution in [0.15, 0.2) is 33.4 Å². The molecule has 3 heterocycles. The number of piperidine rings is 1. The highest BCUT2D eigenvalue weighted by Gasteiger charge is 2.24. The number of carboxylic acids is 1. The van der Waals surface area contributed by atoms with Gasteiger partial charge in [0, 0.05) is 32.9 Å². The van der Waals surface area contributed by atoms with Crippen molar-refractivity contribution in [1.82, 2.24) is 4.90 Å². The van der Waals surface area contributed by atoms with Crippen LogP contribution in [0.4, 0.5) is 0 Å². The van der Waals surface area contributed by atoms with E-state index < -0.39 is 5.97 Å². The smallest absolute Gasteiger partial charge is 0.307 e. The molecule has 0 aliphatic carbocycles. The van der Waals surface area contributed by atoms with Crippen LogP contribution in [0.5, 0.6) is 0 Å². The van der Waals surface area contributed by atoms with Crippen molar-refractivity contribution in [2.75, 3.05) is 19.6 Å². The lowest BCUT2D eigenvalue weighted by atomic mass is 9.98. The highest BCUT2D eigenvalue weighted by Crippen LogP contribution is 2.38. The van der Waals surface area contributed by atoms with Gasteiger partial charge in [0.1, 0.15) is 0 Å². The van der Waals surface area contributed by atoms with Crippen molar-refractivity contribution in [1.29, 1.82) is 0 Å². The minimum absolute atomic E-state index is 0.205. The van der Waals surface area contributed by atoms with E-state index in [4.69, 9.17) is 0 Å². The largest absolute Gasteiger partial charge is 0.481 e. The van der Waals surface area contributed by atoms with Gasteiger partial charge >= 0.3 is 5.97 Å². The number of aryl methyl sites for hydroxylation is 1. The topological polar surface area (TPSA) is 40.5 Å². The van der Waals surface area contributed by atoms with E-state index in [0.717, 1.165) is 36.8 Å². The summed E-state index contributed by atoms with van der Waals surface area (Å²) < 4.78 is 1.14. The van der Waals surface area contributed by atoms with Gasteiger partial charge in [-0.1, -0.05) is 6.08 Å². The van der Waals surface area contributed by atoms with Crippen LogP contribution < -0.4 is 0 Å². The van der Waals surface area contributed by atoms with Crippen molar-refractivity contribution < 1.29 is 9.90 Å². The molecule has 2 aromatic rings.